The van der Waals surface area contributed by atoms with E-state index in [1.54, 1.807) is 26.4 Å². The lowest BCUT2D eigenvalue weighted by Crippen LogP contribution is -2.21. The van der Waals surface area contributed by atoms with Gasteiger partial charge in [0, 0.05) is 17.8 Å². The van der Waals surface area contributed by atoms with Gasteiger partial charge in [0.2, 0.25) is 0 Å². The van der Waals surface area contributed by atoms with Crippen LogP contribution in [0.3, 0.4) is 0 Å². The van der Waals surface area contributed by atoms with Crippen molar-refractivity contribution in [1.29, 1.82) is 0 Å². The predicted octanol–water partition coefficient (Wildman–Crippen LogP) is 2.51. The summed E-state index contributed by atoms with van der Waals surface area (Å²) >= 11 is 5.97. The van der Waals surface area contributed by atoms with Crippen molar-refractivity contribution in [3.63, 3.8) is 0 Å². The smallest absolute Gasteiger partial charge is 0.261 e. The Balaban J connectivity index is 2.06. The van der Waals surface area contributed by atoms with Crippen LogP contribution in [0.4, 0.5) is 0 Å². The monoisotopic (exact) mass is 331 g/mol. The molecule has 118 valence electrons. The van der Waals surface area contributed by atoms with E-state index in [0.717, 1.165) is 5.56 Å². The second kappa shape index (κ2) is 6.26. The maximum absolute atomic E-state index is 12.6. The molecule has 6 nitrogen and oxygen atoms in total. The molecule has 0 radical (unpaired) electrons. The van der Waals surface area contributed by atoms with E-state index >= 15 is 0 Å². The normalized spacial score (nSPS) is 10.7. The average molecular weight is 332 g/mol. The number of hydrogen-bond acceptors (Lipinski definition) is 5. The molecule has 0 aliphatic heterocycles. The number of fused-ring (bicyclic) bond motifs is 1. The first-order valence-electron chi connectivity index (χ1n) is 6.84. The number of methoxy groups -OCH3 is 2. The second-order valence-electron chi connectivity index (χ2n) is 4.85. The lowest BCUT2D eigenvalue weighted by molar-refractivity contribution is 0.390. The third-order valence-electron chi connectivity index (χ3n) is 3.53. The summed E-state index contributed by atoms with van der Waals surface area (Å²) in [5, 5.41) is 0.647. The Kier molecular flexibility index (Phi) is 4.16. The van der Waals surface area contributed by atoms with E-state index in [1.165, 1.54) is 17.1 Å². The highest BCUT2D eigenvalue weighted by molar-refractivity contribution is 6.33. The zero-order chi connectivity index (χ0) is 16.4. The molecular formula is C16H14ClN3O3. The van der Waals surface area contributed by atoms with Crippen LogP contribution in [0.5, 0.6) is 11.5 Å². The topological polar surface area (TPSA) is 66.2 Å². The molecule has 2 aromatic heterocycles. The van der Waals surface area contributed by atoms with Gasteiger partial charge in [-0.1, -0.05) is 11.6 Å². The average Bonchev–Trinajstić information content (AvgIpc) is 2.58. The highest BCUT2D eigenvalue weighted by Crippen LogP contribution is 2.25. The van der Waals surface area contributed by atoms with Crippen LogP contribution in [0.2, 0.25) is 5.15 Å². The molecule has 0 saturated heterocycles. The van der Waals surface area contributed by atoms with Crippen molar-refractivity contribution in [1.82, 2.24) is 14.5 Å². The fourth-order valence-corrected chi connectivity index (χ4v) is 2.54. The number of ether oxygens (including phenoxy) is 2. The highest BCUT2D eigenvalue weighted by Gasteiger charge is 2.11. The van der Waals surface area contributed by atoms with E-state index in [-0.39, 0.29) is 10.7 Å². The molecule has 0 fully saturated rings. The quantitative estimate of drug-likeness (QED) is 0.687. The zero-order valence-electron chi connectivity index (χ0n) is 12.6. The number of benzene rings is 1. The molecule has 0 aliphatic carbocycles. The summed E-state index contributed by atoms with van der Waals surface area (Å²) in [5.41, 5.74) is 1.06. The van der Waals surface area contributed by atoms with E-state index in [9.17, 15) is 4.79 Å². The summed E-state index contributed by atoms with van der Waals surface area (Å²) in [6.07, 6.45) is 2.95. The van der Waals surface area contributed by atoms with Gasteiger partial charge in [-0.25, -0.2) is 9.97 Å². The van der Waals surface area contributed by atoms with E-state index in [0.29, 0.717) is 28.9 Å². The molecule has 0 saturated carbocycles. The van der Waals surface area contributed by atoms with Crippen LogP contribution < -0.4 is 15.0 Å². The van der Waals surface area contributed by atoms with Gasteiger partial charge in [0.15, 0.2) is 5.15 Å². The van der Waals surface area contributed by atoms with Crippen molar-refractivity contribution in [2.45, 2.75) is 6.54 Å². The molecule has 3 aromatic rings. The Morgan fingerprint density at radius 1 is 1.17 bits per heavy atom. The first-order valence-corrected chi connectivity index (χ1v) is 7.22. The second-order valence-corrected chi connectivity index (χ2v) is 5.21. The molecule has 0 N–H and O–H groups in total. The summed E-state index contributed by atoms with van der Waals surface area (Å²) in [4.78, 5) is 20.7. The molecule has 0 atom stereocenters. The molecule has 0 spiro atoms. The summed E-state index contributed by atoms with van der Waals surface area (Å²) in [7, 11) is 3.16. The minimum Gasteiger partial charge on any atom is -0.497 e. The van der Waals surface area contributed by atoms with Crippen LogP contribution in [0.15, 0.2) is 41.6 Å². The summed E-state index contributed by atoms with van der Waals surface area (Å²) in [6.45, 7) is 0.328. The Hall–Kier alpha value is -2.60. The van der Waals surface area contributed by atoms with Crippen molar-refractivity contribution in [2.75, 3.05) is 14.2 Å². The Labute approximate surface area is 137 Å². The van der Waals surface area contributed by atoms with Crippen molar-refractivity contribution < 1.29 is 9.47 Å². The molecule has 23 heavy (non-hydrogen) atoms. The number of rotatable bonds is 4. The molecule has 0 amide bonds. The van der Waals surface area contributed by atoms with Gasteiger partial charge in [0.1, 0.15) is 17.0 Å². The maximum Gasteiger partial charge on any atom is 0.261 e. The van der Waals surface area contributed by atoms with Crippen LogP contribution in [0.1, 0.15) is 5.56 Å². The molecule has 0 unspecified atom stereocenters. The SMILES string of the molecule is COc1ccc(Cn2cnc3c(Cl)nccc3c2=O)c(OC)c1. The standard InChI is InChI=1S/C16H14ClN3O3/c1-22-11-4-3-10(13(7-11)23-2)8-20-9-19-14-12(16(20)21)5-6-18-15(14)17/h3-7,9H,8H2,1-2H3. The Morgan fingerprint density at radius 2 is 2.00 bits per heavy atom. The van der Waals surface area contributed by atoms with Crippen molar-refractivity contribution >= 4 is 22.5 Å². The molecule has 2 heterocycles. The minimum atomic E-state index is -0.183. The minimum absolute atomic E-state index is 0.183. The largest absolute Gasteiger partial charge is 0.497 e. The van der Waals surface area contributed by atoms with Crippen LogP contribution in [-0.4, -0.2) is 28.8 Å². The maximum atomic E-state index is 12.6. The van der Waals surface area contributed by atoms with Gasteiger partial charge in [0.05, 0.1) is 32.5 Å². The summed E-state index contributed by atoms with van der Waals surface area (Å²) in [5.74, 6) is 1.33. The van der Waals surface area contributed by atoms with E-state index < -0.39 is 0 Å². The lowest BCUT2D eigenvalue weighted by Gasteiger charge is -2.12. The first kappa shape index (κ1) is 15.3. The van der Waals surface area contributed by atoms with Crippen molar-refractivity contribution in [3.8, 4) is 11.5 Å². The van der Waals surface area contributed by atoms with Crippen molar-refractivity contribution in [3.05, 3.63) is 57.9 Å². The fraction of sp³-hybridized carbons (Fsp3) is 0.188. The Bertz CT molecular complexity index is 924. The highest BCUT2D eigenvalue weighted by atomic mass is 35.5. The van der Waals surface area contributed by atoms with E-state index in [4.69, 9.17) is 21.1 Å². The molecule has 0 aliphatic rings. The van der Waals surface area contributed by atoms with Crippen LogP contribution in [-0.2, 0) is 6.54 Å². The molecule has 7 heteroatoms. The number of halogens is 1. The summed E-state index contributed by atoms with van der Waals surface area (Å²) < 4.78 is 12.0. The van der Waals surface area contributed by atoms with Gasteiger partial charge < -0.3 is 9.47 Å². The summed E-state index contributed by atoms with van der Waals surface area (Å²) in [6, 6.07) is 7.06. The van der Waals surface area contributed by atoms with Crippen LogP contribution >= 0.6 is 11.6 Å². The Morgan fingerprint density at radius 3 is 2.74 bits per heavy atom. The van der Waals surface area contributed by atoms with Gasteiger partial charge in [-0.3, -0.25) is 9.36 Å². The molecular weight excluding hydrogens is 318 g/mol. The van der Waals surface area contributed by atoms with Gasteiger partial charge in [-0.2, -0.15) is 0 Å². The van der Waals surface area contributed by atoms with Crippen LogP contribution in [0.25, 0.3) is 10.9 Å². The predicted molar refractivity (Wildman–Crippen MR) is 87.5 cm³/mol. The van der Waals surface area contributed by atoms with Gasteiger partial charge in [-0.15, -0.1) is 0 Å². The third kappa shape index (κ3) is 2.85. The van der Waals surface area contributed by atoms with E-state index in [1.807, 2.05) is 12.1 Å². The molecule has 0 bridgehead atoms. The van der Waals surface area contributed by atoms with Crippen molar-refractivity contribution in [2.24, 2.45) is 0 Å². The fourth-order valence-electron chi connectivity index (χ4n) is 2.34. The lowest BCUT2D eigenvalue weighted by atomic mass is 10.2. The van der Waals surface area contributed by atoms with Gasteiger partial charge in [-0.05, 0) is 18.2 Å². The number of aromatic nitrogens is 3. The third-order valence-corrected chi connectivity index (χ3v) is 3.81. The van der Waals surface area contributed by atoms with Crippen LogP contribution in [0, 0.1) is 0 Å². The zero-order valence-corrected chi connectivity index (χ0v) is 13.4. The molecule has 1 aromatic carbocycles. The first-order chi connectivity index (χ1) is 11.1. The number of pyridine rings is 1. The number of hydrogen-bond donors (Lipinski definition) is 0. The van der Waals surface area contributed by atoms with E-state index in [2.05, 4.69) is 9.97 Å². The van der Waals surface area contributed by atoms with Gasteiger partial charge >= 0.3 is 0 Å². The number of nitrogens with zero attached hydrogens (tertiary/aromatic N) is 3. The molecule has 3 rings (SSSR count). The van der Waals surface area contributed by atoms with Gasteiger partial charge in [0.25, 0.3) is 5.56 Å².